The average Bonchev–Trinajstić information content (AvgIpc) is 2.37. The first-order valence-electron chi connectivity index (χ1n) is 7.82. The topological polar surface area (TPSA) is 0 Å². The van der Waals surface area contributed by atoms with Crippen LogP contribution in [0.4, 0.5) is 0 Å². The van der Waals surface area contributed by atoms with Crippen LogP contribution in [0.5, 0.6) is 0 Å². The molecule has 0 aliphatic rings. The standard InChI is InChI=1S/C19H30/c1-6-8-18(9-7-2)19-14-17(12-10-15(3)4)13-11-16(19)5/h11,13-14,18H,3,6-10,12H2,1-2,4-5H3. The van der Waals surface area contributed by atoms with E-state index in [-0.39, 0.29) is 0 Å². The largest absolute Gasteiger partial charge is 0.100 e. The van der Waals surface area contributed by atoms with Crippen LogP contribution in [0.3, 0.4) is 0 Å². The van der Waals surface area contributed by atoms with Crippen LogP contribution in [-0.4, -0.2) is 0 Å². The van der Waals surface area contributed by atoms with E-state index in [4.69, 9.17) is 0 Å². The molecule has 0 atom stereocenters. The molecule has 0 nitrogen and oxygen atoms in total. The Hall–Kier alpha value is -1.04. The van der Waals surface area contributed by atoms with E-state index >= 15 is 0 Å². The van der Waals surface area contributed by atoms with Gasteiger partial charge in [0.25, 0.3) is 0 Å². The monoisotopic (exact) mass is 258 g/mol. The lowest BCUT2D eigenvalue weighted by Crippen LogP contribution is -2.02. The van der Waals surface area contributed by atoms with Crippen molar-refractivity contribution in [1.29, 1.82) is 0 Å². The molecule has 0 unspecified atom stereocenters. The highest BCUT2D eigenvalue weighted by Gasteiger charge is 2.12. The van der Waals surface area contributed by atoms with Gasteiger partial charge in [-0.2, -0.15) is 0 Å². The summed E-state index contributed by atoms with van der Waals surface area (Å²) < 4.78 is 0. The molecule has 1 rings (SSSR count). The number of allylic oxidation sites excluding steroid dienone is 1. The van der Waals surface area contributed by atoms with Crippen molar-refractivity contribution in [3.8, 4) is 0 Å². The summed E-state index contributed by atoms with van der Waals surface area (Å²) in [5.74, 6) is 0.750. The van der Waals surface area contributed by atoms with Crippen LogP contribution in [0.15, 0.2) is 30.4 Å². The highest BCUT2D eigenvalue weighted by molar-refractivity contribution is 5.34. The lowest BCUT2D eigenvalue weighted by atomic mass is 9.86. The molecule has 0 aliphatic heterocycles. The van der Waals surface area contributed by atoms with Crippen molar-refractivity contribution in [2.24, 2.45) is 0 Å². The van der Waals surface area contributed by atoms with E-state index in [0.29, 0.717) is 0 Å². The summed E-state index contributed by atoms with van der Waals surface area (Å²) in [5, 5.41) is 0. The first-order valence-corrected chi connectivity index (χ1v) is 7.82. The van der Waals surface area contributed by atoms with Crippen LogP contribution in [0.25, 0.3) is 0 Å². The average molecular weight is 258 g/mol. The molecule has 0 bridgehead atoms. The fourth-order valence-electron chi connectivity index (χ4n) is 2.80. The van der Waals surface area contributed by atoms with Crippen molar-refractivity contribution in [3.63, 3.8) is 0 Å². The van der Waals surface area contributed by atoms with Gasteiger partial charge in [0.15, 0.2) is 0 Å². The highest BCUT2D eigenvalue weighted by atomic mass is 14.2. The molecule has 0 fully saturated rings. The number of hydrogen-bond donors (Lipinski definition) is 0. The van der Waals surface area contributed by atoms with Gasteiger partial charge in [-0.15, -0.1) is 6.58 Å². The molecule has 0 spiro atoms. The summed E-state index contributed by atoms with van der Waals surface area (Å²) in [7, 11) is 0. The summed E-state index contributed by atoms with van der Waals surface area (Å²) >= 11 is 0. The minimum atomic E-state index is 0.750. The molecular formula is C19H30. The summed E-state index contributed by atoms with van der Waals surface area (Å²) in [4.78, 5) is 0. The smallest absolute Gasteiger partial charge is 0.0159 e. The third-order valence-electron chi connectivity index (χ3n) is 3.90. The summed E-state index contributed by atoms with van der Waals surface area (Å²) in [5.41, 5.74) is 5.80. The Morgan fingerprint density at radius 3 is 2.32 bits per heavy atom. The van der Waals surface area contributed by atoms with Crippen molar-refractivity contribution >= 4 is 0 Å². The quantitative estimate of drug-likeness (QED) is 0.488. The molecule has 1 aromatic carbocycles. The van der Waals surface area contributed by atoms with E-state index in [1.165, 1.54) is 42.4 Å². The SMILES string of the molecule is C=C(C)CCc1ccc(C)c(C(CCC)CCC)c1. The third-order valence-corrected chi connectivity index (χ3v) is 3.90. The Kier molecular flexibility index (Phi) is 6.91. The Morgan fingerprint density at radius 1 is 1.16 bits per heavy atom. The number of hydrogen-bond acceptors (Lipinski definition) is 0. The second-order valence-corrected chi connectivity index (χ2v) is 5.92. The minimum Gasteiger partial charge on any atom is -0.100 e. The molecular weight excluding hydrogens is 228 g/mol. The van der Waals surface area contributed by atoms with Gasteiger partial charge in [-0.1, -0.05) is 50.5 Å². The normalized spacial score (nSPS) is 11.0. The molecule has 0 heteroatoms. The number of rotatable bonds is 8. The minimum absolute atomic E-state index is 0.750. The zero-order valence-electron chi connectivity index (χ0n) is 13.3. The van der Waals surface area contributed by atoms with Gasteiger partial charge in [-0.3, -0.25) is 0 Å². The zero-order valence-corrected chi connectivity index (χ0v) is 13.3. The summed E-state index contributed by atoms with van der Waals surface area (Å²) in [6.45, 7) is 13.0. The second kappa shape index (κ2) is 8.19. The van der Waals surface area contributed by atoms with Crippen molar-refractivity contribution in [2.75, 3.05) is 0 Å². The van der Waals surface area contributed by atoms with Crippen molar-refractivity contribution in [1.82, 2.24) is 0 Å². The van der Waals surface area contributed by atoms with Crippen molar-refractivity contribution in [2.45, 2.75) is 72.1 Å². The van der Waals surface area contributed by atoms with Gasteiger partial charge in [0.05, 0.1) is 0 Å². The van der Waals surface area contributed by atoms with Crippen LogP contribution in [-0.2, 0) is 6.42 Å². The molecule has 106 valence electrons. The van der Waals surface area contributed by atoms with E-state index in [1.54, 1.807) is 5.56 Å². The van der Waals surface area contributed by atoms with Gasteiger partial charge < -0.3 is 0 Å². The first kappa shape index (κ1) is 16.0. The van der Waals surface area contributed by atoms with Gasteiger partial charge in [0.1, 0.15) is 0 Å². The van der Waals surface area contributed by atoms with E-state index in [1.807, 2.05) is 0 Å². The number of benzene rings is 1. The van der Waals surface area contributed by atoms with E-state index in [0.717, 1.165) is 18.8 Å². The lowest BCUT2D eigenvalue weighted by Gasteiger charge is -2.19. The predicted molar refractivity (Wildman–Crippen MR) is 86.9 cm³/mol. The molecule has 0 saturated heterocycles. The van der Waals surface area contributed by atoms with Gasteiger partial charge >= 0.3 is 0 Å². The van der Waals surface area contributed by atoms with Crippen LogP contribution in [0, 0.1) is 6.92 Å². The summed E-state index contributed by atoms with van der Waals surface area (Å²) in [6.07, 6.45) is 7.43. The fraction of sp³-hybridized carbons (Fsp3) is 0.579. The zero-order chi connectivity index (χ0) is 14.3. The molecule has 0 aromatic heterocycles. The number of aryl methyl sites for hydroxylation is 2. The first-order chi connectivity index (χ1) is 9.08. The molecule has 0 saturated carbocycles. The van der Waals surface area contributed by atoms with E-state index < -0.39 is 0 Å². The lowest BCUT2D eigenvalue weighted by molar-refractivity contribution is 0.558. The maximum absolute atomic E-state index is 4.00. The molecule has 0 N–H and O–H groups in total. The van der Waals surface area contributed by atoms with Crippen molar-refractivity contribution in [3.05, 3.63) is 47.0 Å². The van der Waals surface area contributed by atoms with E-state index in [9.17, 15) is 0 Å². The van der Waals surface area contributed by atoms with Crippen LogP contribution in [0.1, 0.15) is 75.5 Å². The molecule has 1 aromatic rings. The molecule has 0 heterocycles. The fourth-order valence-corrected chi connectivity index (χ4v) is 2.80. The van der Waals surface area contributed by atoms with Crippen LogP contribution >= 0.6 is 0 Å². The molecule has 19 heavy (non-hydrogen) atoms. The predicted octanol–water partition coefficient (Wildman–Crippen LogP) is 6.19. The molecule has 0 aliphatic carbocycles. The third kappa shape index (κ3) is 5.22. The van der Waals surface area contributed by atoms with Gasteiger partial charge in [0, 0.05) is 0 Å². The molecule has 0 amide bonds. The Balaban J connectivity index is 2.90. The Morgan fingerprint density at radius 2 is 1.79 bits per heavy atom. The van der Waals surface area contributed by atoms with Crippen molar-refractivity contribution < 1.29 is 0 Å². The van der Waals surface area contributed by atoms with E-state index in [2.05, 4.69) is 52.5 Å². The highest BCUT2D eigenvalue weighted by Crippen LogP contribution is 2.30. The van der Waals surface area contributed by atoms with Gasteiger partial charge in [-0.25, -0.2) is 0 Å². The maximum atomic E-state index is 4.00. The van der Waals surface area contributed by atoms with Crippen LogP contribution < -0.4 is 0 Å². The maximum Gasteiger partial charge on any atom is -0.0159 e. The Labute approximate surface area is 119 Å². The van der Waals surface area contributed by atoms with Gasteiger partial charge in [-0.05, 0) is 62.1 Å². The van der Waals surface area contributed by atoms with Crippen LogP contribution in [0.2, 0.25) is 0 Å². The molecule has 0 radical (unpaired) electrons. The second-order valence-electron chi connectivity index (χ2n) is 5.92. The summed E-state index contributed by atoms with van der Waals surface area (Å²) in [6, 6.07) is 7.05. The van der Waals surface area contributed by atoms with Gasteiger partial charge in [0.2, 0.25) is 0 Å². The Bertz CT molecular complexity index is 394.